The molecule has 1 saturated heterocycles. The van der Waals surface area contributed by atoms with Crippen molar-refractivity contribution < 1.29 is 14.1 Å². The SMILES string of the molecule is Cl.NCC1CCCN(C(=O)c2ccc([N+](=O)[O-])cc2F)C1. The third-order valence-electron chi connectivity index (χ3n) is 3.53. The molecule has 1 aromatic carbocycles. The number of amides is 1. The van der Waals surface area contributed by atoms with E-state index in [4.69, 9.17) is 5.73 Å². The smallest absolute Gasteiger partial charge is 0.272 e. The first-order chi connectivity index (χ1) is 9.52. The minimum atomic E-state index is -0.862. The molecule has 1 atom stereocenters. The highest BCUT2D eigenvalue weighted by atomic mass is 35.5. The number of nitro groups is 1. The van der Waals surface area contributed by atoms with Gasteiger partial charge in [-0.05, 0) is 31.4 Å². The molecule has 116 valence electrons. The van der Waals surface area contributed by atoms with Crippen LogP contribution in [-0.4, -0.2) is 35.4 Å². The number of nitro benzene ring substituents is 1. The van der Waals surface area contributed by atoms with Gasteiger partial charge in [-0.2, -0.15) is 0 Å². The van der Waals surface area contributed by atoms with Crippen LogP contribution >= 0.6 is 12.4 Å². The molecule has 0 bridgehead atoms. The number of halogens is 2. The summed E-state index contributed by atoms with van der Waals surface area (Å²) in [6.07, 6.45) is 1.80. The predicted molar refractivity (Wildman–Crippen MR) is 78.0 cm³/mol. The van der Waals surface area contributed by atoms with Crippen LogP contribution < -0.4 is 5.73 Å². The molecule has 2 rings (SSSR count). The van der Waals surface area contributed by atoms with Gasteiger partial charge < -0.3 is 10.6 Å². The summed E-state index contributed by atoms with van der Waals surface area (Å²) in [7, 11) is 0. The van der Waals surface area contributed by atoms with E-state index in [0.29, 0.717) is 19.6 Å². The lowest BCUT2D eigenvalue weighted by Crippen LogP contribution is -2.42. The second-order valence-corrected chi connectivity index (χ2v) is 4.92. The van der Waals surface area contributed by atoms with Gasteiger partial charge in [0.2, 0.25) is 0 Å². The molecular weight excluding hydrogens is 301 g/mol. The molecule has 1 heterocycles. The third kappa shape index (κ3) is 3.89. The van der Waals surface area contributed by atoms with E-state index >= 15 is 0 Å². The zero-order chi connectivity index (χ0) is 14.7. The van der Waals surface area contributed by atoms with Crippen LogP contribution in [-0.2, 0) is 0 Å². The number of piperidine rings is 1. The summed E-state index contributed by atoms with van der Waals surface area (Å²) < 4.78 is 13.8. The van der Waals surface area contributed by atoms with Crippen LogP contribution in [0.1, 0.15) is 23.2 Å². The molecule has 0 radical (unpaired) electrons. The summed E-state index contributed by atoms with van der Waals surface area (Å²) in [5.41, 5.74) is 5.11. The highest BCUT2D eigenvalue weighted by Crippen LogP contribution is 2.21. The molecule has 1 aromatic rings. The van der Waals surface area contributed by atoms with Crippen molar-refractivity contribution in [1.29, 1.82) is 0 Å². The molecule has 0 aliphatic carbocycles. The highest BCUT2D eigenvalue weighted by molar-refractivity contribution is 5.94. The summed E-state index contributed by atoms with van der Waals surface area (Å²) in [5, 5.41) is 10.5. The number of nitrogens with zero attached hydrogens (tertiary/aromatic N) is 2. The fraction of sp³-hybridized carbons (Fsp3) is 0.462. The van der Waals surface area contributed by atoms with Crippen LogP contribution in [0.3, 0.4) is 0 Å². The fourth-order valence-corrected chi connectivity index (χ4v) is 2.40. The first kappa shape index (κ1) is 17.3. The Morgan fingerprint density at radius 1 is 1.52 bits per heavy atom. The maximum atomic E-state index is 13.8. The normalized spacial score (nSPS) is 18.0. The van der Waals surface area contributed by atoms with Crippen LogP contribution in [0.4, 0.5) is 10.1 Å². The lowest BCUT2D eigenvalue weighted by Gasteiger charge is -2.32. The van der Waals surface area contributed by atoms with Gasteiger partial charge in [0.1, 0.15) is 5.82 Å². The number of carbonyl (C=O) groups excluding carboxylic acids is 1. The fourth-order valence-electron chi connectivity index (χ4n) is 2.40. The Kier molecular flexibility index (Phi) is 6.04. The van der Waals surface area contributed by atoms with Crippen LogP contribution in [0.5, 0.6) is 0 Å². The van der Waals surface area contributed by atoms with Crippen molar-refractivity contribution in [2.24, 2.45) is 11.7 Å². The van der Waals surface area contributed by atoms with E-state index in [0.717, 1.165) is 25.0 Å². The Bertz CT molecular complexity index is 541. The molecule has 8 heteroatoms. The van der Waals surface area contributed by atoms with Gasteiger partial charge in [0.05, 0.1) is 16.6 Å². The van der Waals surface area contributed by atoms with Crippen LogP contribution in [0, 0.1) is 21.8 Å². The average Bonchev–Trinajstić information content (AvgIpc) is 2.46. The molecule has 1 unspecified atom stereocenters. The molecule has 0 saturated carbocycles. The highest BCUT2D eigenvalue weighted by Gasteiger charge is 2.26. The van der Waals surface area contributed by atoms with Crippen molar-refractivity contribution in [2.75, 3.05) is 19.6 Å². The monoisotopic (exact) mass is 317 g/mol. The summed E-state index contributed by atoms with van der Waals surface area (Å²) in [6.45, 7) is 1.56. The Morgan fingerprint density at radius 2 is 2.24 bits per heavy atom. The molecular formula is C13H17ClFN3O3. The van der Waals surface area contributed by atoms with Crippen molar-refractivity contribution in [3.05, 3.63) is 39.7 Å². The molecule has 1 amide bonds. The van der Waals surface area contributed by atoms with Gasteiger partial charge in [-0.1, -0.05) is 0 Å². The van der Waals surface area contributed by atoms with Crippen molar-refractivity contribution >= 4 is 24.0 Å². The van der Waals surface area contributed by atoms with E-state index in [1.54, 1.807) is 4.90 Å². The number of nitrogens with two attached hydrogens (primary N) is 1. The third-order valence-corrected chi connectivity index (χ3v) is 3.53. The molecule has 0 spiro atoms. The van der Waals surface area contributed by atoms with E-state index in [2.05, 4.69) is 0 Å². The number of rotatable bonds is 3. The zero-order valence-electron chi connectivity index (χ0n) is 11.3. The maximum absolute atomic E-state index is 13.8. The van der Waals surface area contributed by atoms with Crippen molar-refractivity contribution in [3.8, 4) is 0 Å². The maximum Gasteiger partial charge on any atom is 0.272 e. The summed E-state index contributed by atoms with van der Waals surface area (Å²) in [6, 6.07) is 3.08. The Labute approximate surface area is 127 Å². The van der Waals surface area contributed by atoms with Gasteiger partial charge in [-0.25, -0.2) is 4.39 Å². The van der Waals surface area contributed by atoms with Crippen molar-refractivity contribution in [2.45, 2.75) is 12.8 Å². The van der Waals surface area contributed by atoms with Gasteiger partial charge in [0.25, 0.3) is 11.6 Å². The lowest BCUT2D eigenvalue weighted by molar-refractivity contribution is -0.385. The lowest BCUT2D eigenvalue weighted by atomic mass is 9.97. The quantitative estimate of drug-likeness (QED) is 0.681. The zero-order valence-corrected chi connectivity index (χ0v) is 12.1. The molecule has 2 N–H and O–H groups in total. The van der Waals surface area contributed by atoms with Gasteiger partial charge in [0, 0.05) is 19.2 Å². The molecule has 1 aliphatic heterocycles. The van der Waals surface area contributed by atoms with E-state index in [-0.39, 0.29) is 29.6 Å². The van der Waals surface area contributed by atoms with Crippen molar-refractivity contribution in [3.63, 3.8) is 0 Å². The number of likely N-dealkylation sites (tertiary alicyclic amines) is 1. The first-order valence-corrected chi connectivity index (χ1v) is 6.46. The molecule has 1 fully saturated rings. The van der Waals surface area contributed by atoms with Crippen molar-refractivity contribution in [1.82, 2.24) is 4.90 Å². The number of benzene rings is 1. The summed E-state index contributed by atoms with van der Waals surface area (Å²) >= 11 is 0. The van der Waals surface area contributed by atoms with E-state index in [1.807, 2.05) is 0 Å². The number of hydrogen-bond acceptors (Lipinski definition) is 4. The van der Waals surface area contributed by atoms with E-state index < -0.39 is 16.6 Å². The topological polar surface area (TPSA) is 89.5 Å². The number of non-ortho nitro benzene ring substituents is 1. The van der Waals surface area contributed by atoms with E-state index in [1.165, 1.54) is 6.07 Å². The predicted octanol–water partition coefficient (Wildman–Crippen LogP) is 1.97. The van der Waals surface area contributed by atoms with Crippen LogP contribution in [0.2, 0.25) is 0 Å². The van der Waals surface area contributed by atoms with Crippen LogP contribution in [0.15, 0.2) is 18.2 Å². The first-order valence-electron chi connectivity index (χ1n) is 6.46. The van der Waals surface area contributed by atoms with Gasteiger partial charge >= 0.3 is 0 Å². The molecule has 21 heavy (non-hydrogen) atoms. The standard InChI is InChI=1S/C13H16FN3O3.ClH/c14-12-6-10(17(19)20)3-4-11(12)13(18)16-5-1-2-9(7-15)8-16;/h3-4,6,9H,1-2,5,7-8,15H2;1H. The van der Waals surface area contributed by atoms with Gasteiger partial charge in [0.15, 0.2) is 0 Å². The molecule has 6 nitrogen and oxygen atoms in total. The summed E-state index contributed by atoms with van der Waals surface area (Å²) in [5.74, 6) is -1.07. The number of carbonyl (C=O) groups is 1. The minimum absolute atomic E-state index is 0. The molecule has 0 aromatic heterocycles. The van der Waals surface area contributed by atoms with Gasteiger partial charge in [-0.3, -0.25) is 14.9 Å². The Balaban J connectivity index is 0.00000220. The Morgan fingerprint density at radius 3 is 2.81 bits per heavy atom. The largest absolute Gasteiger partial charge is 0.338 e. The average molecular weight is 318 g/mol. The number of hydrogen-bond donors (Lipinski definition) is 1. The van der Waals surface area contributed by atoms with E-state index in [9.17, 15) is 19.3 Å². The van der Waals surface area contributed by atoms with Crippen LogP contribution in [0.25, 0.3) is 0 Å². The van der Waals surface area contributed by atoms with Gasteiger partial charge in [-0.15, -0.1) is 12.4 Å². The second kappa shape index (κ2) is 7.33. The Hall–Kier alpha value is -1.73. The second-order valence-electron chi connectivity index (χ2n) is 4.92. The molecule has 1 aliphatic rings. The minimum Gasteiger partial charge on any atom is -0.338 e. The summed E-state index contributed by atoms with van der Waals surface area (Å²) in [4.78, 5) is 23.7.